The highest BCUT2D eigenvalue weighted by Crippen LogP contribution is 2.47. The summed E-state index contributed by atoms with van der Waals surface area (Å²) in [5.41, 5.74) is 2.63. The summed E-state index contributed by atoms with van der Waals surface area (Å²) in [7, 11) is 0. The zero-order valence-electron chi connectivity index (χ0n) is 9.30. The van der Waals surface area contributed by atoms with E-state index in [2.05, 4.69) is 59.7 Å². The molecular formula is C13H15NS2. The Labute approximate surface area is 105 Å². The summed E-state index contributed by atoms with van der Waals surface area (Å²) in [5, 5.41) is 0. The first kappa shape index (κ1) is 10.7. The van der Waals surface area contributed by atoms with Crippen molar-refractivity contribution >= 4 is 29.6 Å². The highest BCUT2D eigenvalue weighted by molar-refractivity contribution is 8.20. The molecule has 3 rings (SSSR count). The average Bonchev–Trinajstić information content (AvgIpc) is 2.82. The molecule has 2 atom stereocenters. The number of rotatable bonds is 1. The number of nitrogens with zero attached hydrogens (tertiary/aromatic N) is 1. The third-order valence-corrected chi connectivity index (χ3v) is 6.49. The molecule has 0 radical (unpaired) electrons. The Kier molecular flexibility index (Phi) is 2.99. The van der Waals surface area contributed by atoms with Gasteiger partial charge in [-0.15, -0.1) is 23.5 Å². The zero-order chi connectivity index (χ0) is 11.0. The van der Waals surface area contributed by atoms with E-state index < -0.39 is 0 Å². The van der Waals surface area contributed by atoms with Gasteiger partial charge in [-0.05, 0) is 23.6 Å². The molecule has 2 heterocycles. The summed E-state index contributed by atoms with van der Waals surface area (Å²) >= 11 is 4.24. The summed E-state index contributed by atoms with van der Waals surface area (Å²) in [6.07, 6.45) is 6.39. The number of hydrogen-bond donors (Lipinski definition) is 0. The van der Waals surface area contributed by atoms with Gasteiger partial charge >= 0.3 is 0 Å². The minimum absolute atomic E-state index is 0.639. The van der Waals surface area contributed by atoms with E-state index in [1.54, 1.807) is 0 Å². The van der Waals surface area contributed by atoms with Gasteiger partial charge in [0, 0.05) is 23.6 Å². The van der Waals surface area contributed by atoms with E-state index in [9.17, 15) is 0 Å². The Morgan fingerprint density at radius 1 is 1.31 bits per heavy atom. The fourth-order valence-corrected chi connectivity index (χ4v) is 5.88. The predicted molar refractivity (Wildman–Crippen MR) is 73.9 cm³/mol. The third-order valence-electron chi connectivity index (χ3n) is 3.30. The normalized spacial score (nSPS) is 29.3. The quantitative estimate of drug-likeness (QED) is 0.754. The van der Waals surface area contributed by atoms with Crippen LogP contribution in [0.5, 0.6) is 0 Å². The van der Waals surface area contributed by atoms with E-state index in [0.717, 1.165) is 4.58 Å². The van der Waals surface area contributed by atoms with Crippen LogP contribution in [-0.4, -0.2) is 21.1 Å². The van der Waals surface area contributed by atoms with E-state index in [0.29, 0.717) is 11.8 Å². The lowest BCUT2D eigenvalue weighted by Crippen LogP contribution is -2.20. The largest absolute Gasteiger partial charge is 0.257 e. The number of fused-ring (bicyclic) bond motifs is 1. The van der Waals surface area contributed by atoms with Crippen molar-refractivity contribution < 1.29 is 0 Å². The topological polar surface area (TPSA) is 12.9 Å². The summed E-state index contributed by atoms with van der Waals surface area (Å²) in [6.45, 7) is 2.33. The molecule has 1 aromatic heterocycles. The molecule has 0 saturated carbocycles. The van der Waals surface area contributed by atoms with Gasteiger partial charge in [-0.1, -0.05) is 19.1 Å². The molecule has 1 nitrogen and oxygen atoms in total. The van der Waals surface area contributed by atoms with Gasteiger partial charge in [0.15, 0.2) is 0 Å². The Balaban J connectivity index is 1.99. The molecule has 0 N–H and O–H groups in total. The van der Waals surface area contributed by atoms with E-state index >= 15 is 0 Å². The second-order valence-corrected chi connectivity index (χ2v) is 7.13. The van der Waals surface area contributed by atoms with Crippen LogP contribution in [0.4, 0.5) is 0 Å². The average molecular weight is 249 g/mol. The van der Waals surface area contributed by atoms with Gasteiger partial charge in [-0.3, -0.25) is 4.98 Å². The molecule has 1 aromatic rings. The van der Waals surface area contributed by atoms with Crippen LogP contribution in [0.3, 0.4) is 0 Å². The molecular weight excluding hydrogens is 234 g/mol. The molecule has 1 fully saturated rings. The van der Waals surface area contributed by atoms with Crippen molar-refractivity contribution in [3.05, 3.63) is 35.7 Å². The van der Waals surface area contributed by atoms with Crippen molar-refractivity contribution in [2.24, 2.45) is 5.92 Å². The van der Waals surface area contributed by atoms with Crippen LogP contribution >= 0.6 is 23.5 Å². The molecule has 1 saturated heterocycles. The maximum Gasteiger partial charge on any atom is 0.0662 e. The molecule has 0 bridgehead atoms. The van der Waals surface area contributed by atoms with Crippen molar-refractivity contribution in [2.75, 3.05) is 11.5 Å². The van der Waals surface area contributed by atoms with E-state index in [1.165, 1.54) is 22.8 Å². The molecule has 16 heavy (non-hydrogen) atoms. The number of aromatic nitrogens is 1. The zero-order valence-corrected chi connectivity index (χ0v) is 10.9. The lowest BCUT2D eigenvalue weighted by molar-refractivity contribution is 0.576. The first-order chi connectivity index (χ1) is 7.86. The fraction of sp³-hybridized carbons (Fsp3) is 0.462. The smallest absolute Gasteiger partial charge is 0.0662 e. The molecule has 0 spiro atoms. The molecule has 0 aromatic carbocycles. The lowest BCUT2D eigenvalue weighted by Gasteiger charge is -2.30. The van der Waals surface area contributed by atoms with Crippen molar-refractivity contribution in [3.8, 4) is 0 Å². The summed E-state index contributed by atoms with van der Waals surface area (Å²) in [5.74, 6) is 3.89. The van der Waals surface area contributed by atoms with Gasteiger partial charge in [0.1, 0.15) is 0 Å². The highest BCUT2D eigenvalue weighted by Gasteiger charge is 2.33. The highest BCUT2D eigenvalue weighted by atomic mass is 32.2. The van der Waals surface area contributed by atoms with Crippen LogP contribution < -0.4 is 0 Å². The minimum atomic E-state index is 0.639. The van der Waals surface area contributed by atoms with Crippen LogP contribution in [0, 0.1) is 5.92 Å². The first-order valence-electron chi connectivity index (χ1n) is 5.72. The third kappa shape index (κ3) is 1.80. The van der Waals surface area contributed by atoms with Crippen LogP contribution in [0.2, 0.25) is 0 Å². The summed E-state index contributed by atoms with van der Waals surface area (Å²) in [6, 6.07) is 4.33. The molecule has 3 heteroatoms. The maximum atomic E-state index is 4.47. The van der Waals surface area contributed by atoms with Gasteiger partial charge < -0.3 is 0 Å². The number of allylic oxidation sites excluding steroid dienone is 1. The SMILES string of the molecule is C[C@@H]1C=Cc2ncccc2[C@@H]1C1SCCS1. The van der Waals surface area contributed by atoms with Crippen molar-refractivity contribution in [1.29, 1.82) is 0 Å². The van der Waals surface area contributed by atoms with Crippen molar-refractivity contribution in [2.45, 2.75) is 17.4 Å². The molecule has 1 aliphatic heterocycles. The Morgan fingerprint density at radius 2 is 2.12 bits per heavy atom. The number of thioether (sulfide) groups is 2. The van der Waals surface area contributed by atoms with Gasteiger partial charge in [0.05, 0.1) is 10.3 Å². The van der Waals surface area contributed by atoms with Gasteiger partial charge in [0.25, 0.3) is 0 Å². The number of hydrogen-bond acceptors (Lipinski definition) is 3. The van der Waals surface area contributed by atoms with Crippen LogP contribution in [-0.2, 0) is 0 Å². The van der Waals surface area contributed by atoms with Crippen LogP contribution in [0.15, 0.2) is 24.4 Å². The Morgan fingerprint density at radius 3 is 2.94 bits per heavy atom. The Bertz CT molecular complexity index is 410. The second kappa shape index (κ2) is 4.46. The fourth-order valence-electron chi connectivity index (χ4n) is 2.48. The maximum absolute atomic E-state index is 4.47. The molecule has 1 aliphatic carbocycles. The standard InChI is InChI=1S/C13H15NS2/c1-9-4-5-11-10(3-2-6-14-11)12(9)13-15-7-8-16-13/h2-6,9,12-13H,7-8H2,1H3/t9-,12-/m1/s1. The van der Waals surface area contributed by atoms with Gasteiger partial charge in [-0.25, -0.2) is 0 Å². The summed E-state index contributed by atoms with van der Waals surface area (Å²) in [4.78, 5) is 4.47. The van der Waals surface area contributed by atoms with E-state index in [-0.39, 0.29) is 0 Å². The molecule has 0 unspecified atom stereocenters. The van der Waals surface area contributed by atoms with Crippen molar-refractivity contribution in [3.63, 3.8) is 0 Å². The van der Waals surface area contributed by atoms with E-state index in [1.807, 2.05) is 6.20 Å². The number of pyridine rings is 1. The monoisotopic (exact) mass is 249 g/mol. The molecule has 84 valence electrons. The molecule has 2 aliphatic rings. The lowest BCUT2D eigenvalue weighted by atomic mass is 9.83. The van der Waals surface area contributed by atoms with E-state index in [4.69, 9.17) is 0 Å². The predicted octanol–water partition coefficient (Wildman–Crippen LogP) is 3.63. The minimum Gasteiger partial charge on any atom is -0.257 e. The van der Waals surface area contributed by atoms with Gasteiger partial charge in [0.2, 0.25) is 0 Å². The second-order valence-electron chi connectivity index (χ2n) is 4.33. The van der Waals surface area contributed by atoms with Crippen LogP contribution in [0.1, 0.15) is 24.1 Å². The molecule has 0 amide bonds. The summed E-state index contributed by atoms with van der Waals surface area (Å²) < 4.78 is 0.725. The van der Waals surface area contributed by atoms with Crippen LogP contribution in [0.25, 0.3) is 6.08 Å². The Hall–Kier alpha value is -0.410. The van der Waals surface area contributed by atoms with Crippen molar-refractivity contribution in [1.82, 2.24) is 4.98 Å². The first-order valence-corrected chi connectivity index (χ1v) is 7.82. The van der Waals surface area contributed by atoms with Gasteiger partial charge in [-0.2, -0.15) is 0 Å².